The number of carbonyl (C=O) groups is 4. The molecule has 3 aliphatic carbocycles. The molecule has 7 nitrogen and oxygen atoms in total. The molecule has 9 heteroatoms. The highest BCUT2D eigenvalue weighted by atomic mass is 79.9. The number of hydrogen-bond acceptors (Lipinski definition) is 6. The molecule has 1 fully saturated rings. The number of fused-ring (bicyclic) bond motifs is 3. The van der Waals surface area contributed by atoms with E-state index in [4.69, 9.17) is 4.74 Å². The Bertz CT molecular complexity index is 1540. The van der Waals surface area contributed by atoms with E-state index < -0.39 is 23.7 Å². The van der Waals surface area contributed by atoms with Crippen molar-refractivity contribution in [2.45, 2.75) is 18.8 Å². The molecule has 1 N–H and O–H groups in total. The first-order valence-electron chi connectivity index (χ1n) is 12.1. The van der Waals surface area contributed by atoms with Crippen molar-refractivity contribution in [3.8, 4) is 11.5 Å². The number of benzene rings is 2. The van der Waals surface area contributed by atoms with Crippen LogP contribution < -0.4 is 9.64 Å². The number of phenols is 1. The van der Waals surface area contributed by atoms with Gasteiger partial charge in [-0.2, -0.15) is 0 Å². The monoisotopic (exact) mass is 637 g/mol. The molecule has 0 spiro atoms. The number of Topliss-reactive ketones (excluding diaryl/α,β-unsaturated/α-hetero) is 1. The highest BCUT2D eigenvalue weighted by Gasteiger charge is 2.56. The lowest BCUT2D eigenvalue weighted by Crippen LogP contribution is -2.39. The predicted molar refractivity (Wildman–Crippen MR) is 146 cm³/mol. The first-order valence-corrected chi connectivity index (χ1v) is 13.7. The molecular formula is C29H21Br2NO6. The Morgan fingerprint density at radius 2 is 1.74 bits per heavy atom. The number of phenolic OH excluding ortho intramolecular Hbond substituents is 1. The molecule has 2 amide bonds. The third kappa shape index (κ3) is 3.59. The van der Waals surface area contributed by atoms with E-state index in [1.165, 1.54) is 18.1 Å². The van der Waals surface area contributed by atoms with Crippen LogP contribution in [0.15, 0.2) is 80.3 Å². The Kier molecular flexibility index (Phi) is 6.03. The fourth-order valence-corrected chi connectivity index (χ4v) is 7.24. The summed E-state index contributed by atoms with van der Waals surface area (Å²) in [6.45, 7) is 0. The van der Waals surface area contributed by atoms with E-state index in [-0.39, 0.29) is 45.8 Å². The number of halogens is 2. The van der Waals surface area contributed by atoms with Gasteiger partial charge in [0.05, 0.1) is 33.6 Å². The second kappa shape index (κ2) is 9.17. The van der Waals surface area contributed by atoms with Crippen LogP contribution in [-0.2, 0) is 19.2 Å². The molecule has 2 aromatic rings. The maximum atomic E-state index is 13.8. The SMILES string of the molecule is COc1cc([C@H]2C3=CC[C@@H]4C(=O)N(c5ccccc5)C(=O)[C@@H]4[C@@H]3CC3=C2C(=O)C=C(Br)C3=O)cc(Br)c1O. The topological polar surface area (TPSA) is 101 Å². The van der Waals surface area contributed by atoms with Crippen molar-refractivity contribution in [3.05, 3.63) is 85.9 Å². The summed E-state index contributed by atoms with van der Waals surface area (Å²) in [5, 5.41) is 10.4. The number of ketones is 2. The van der Waals surface area contributed by atoms with Crippen molar-refractivity contribution in [3.63, 3.8) is 0 Å². The molecule has 38 heavy (non-hydrogen) atoms. The van der Waals surface area contributed by atoms with E-state index in [9.17, 15) is 24.3 Å². The molecule has 1 aliphatic heterocycles. The van der Waals surface area contributed by atoms with Crippen LogP contribution in [0.4, 0.5) is 5.69 Å². The number of amides is 2. The summed E-state index contributed by atoms with van der Waals surface area (Å²) in [4.78, 5) is 55.3. The van der Waals surface area contributed by atoms with Gasteiger partial charge in [-0.15, -0.1) is 0 Å². The highest BCUT2D eigenvalue weighted by Crippen LogP contribution is 2.56. The van der Waals surface area contributed by atoms with Gasteiger partial charge in [0.2, 0.25) is 11.8 Å². The van der Waals surface area contributed by atoms with Crippen molar-refractivity contribution in [2.75, 3.05) is 12.0 Å². The van der Waals surface area contributed by atoms with Crippen LogP contribution in [0.3, 0.4) is 0 Å². The van der Waals surface area contributed by atoms with Crippen molar-refractivity contribution in [1.29, 1.82) is 0 Å². The van der Waals surface area contributed by atoms with Crippen LogP contribution in [0.5, 0.6) is 11.5 Å². The number of hydrogen-bond donors (Lipinski definition) is 1. The van der Waals surface area contributed by atoms with Gasteiger partial charge < -0.3 is 9.84 Å². The Hall–Kier alpha value is -3.30. The van der Waals surface area contributed by atoms with Crippen molar-refractivity contribution in [2.24, 2.45) is 17.8 Å². The van der Waals surface area contributed by atoms with Gasteiger partial charge in [-0.05, 0) is 80.4 Å². The summed E-state index contributed by atoms with van der Waals surface area (Å²) in [6.07, 6.45) is 3.78. The normalized spacial score (nSPS) is 26.6. The summed E-state index contributed by atoms with van der Waals surface area (Å²) in [7, 11) is 1.43. The van der Waals surface area contributed by atoms with Gasteiger partial charge in [0.15, 0.2) is 23.1 Å². The van der Waals surface area contributed by atoms with Crippen molar-refractivity contribution >= 4 is 60.9 Å². The zero-order chi connectivity index (χ0) is 26.9. The lowest BCUT2D eigenvalue weighted by atomic mass is 9.59. The first-order chi connectivity index (χ1) is 18.2. The smallest absolute Gasteiger partial charge is 0.238 e. The standard InChI is InChI=1S/C29H21Br2NO6/c1-38-22-10-13(9-19(30)27(22)35)23-15-7-8-16-24(29(37)32(28(16)36)14-5-3-2-4-6-14)17(15)11-18-25(23)21(33)12-20(31)26(18)34/h2-7,9-10,12,16-17,23-24,35H,8,11H2,1H3/t16-,17+,23-,24-/m0/s1. The molecule has 0 saturated carbocycles. The number of nitrogens with zero attached hydrogens (tertiary/aromatic N) is 1. The number of imide groups is 1. The molecule has 4 aliphatic rings. The minimum atomic E-state index is -0.658. The maximum Gasteiger partial charge on any atom is 0.238 e. The number of rotatable bonds is 3. The summed E-state index contributed by atoms with van der Waals surface area (Å²) in [5.74, 6) is -3.30. The first kappa shape index (κ1) is 25.0. The number of methoxy groups -OCH3 is 1. The third-order valence-electron chi connectivity index (χ3n) is 7.95. The van der Waals surface area contributed by atoms with Gasteiger partial charge >= 0.3 is 0 Å². The lowest BCUT2D eigenvalue weighted by molar-refractivity contribution is -0.123. The van der Waals surface area contributed by atoms with Gasteiger partial charge in [-0.3, -0.25) is 24.1 Å². The zero-order valence-corrected chi connectivity index (χ0v) is 23.3. The van der Waals surface area contributed by atoms with Crippen molar-refractivity contribution < 1.29 is 29.0 Å². The molecule has 1 heterocycles. The van der Waals surface area contributed by atoms with Crippen LogP contribution in [-0.4, -0.2) is 35.6 Å². The highest BCUT2D eigenvalue weighted by molar-refractivity contribution is 9.12. The van der Waals surface area contributed by atoms with Crippen LogP contribution in [0.1, 0.15) is 24.3 Å². The molecular weight excluding hydrogens is 618 g/mol. The number of ether oxygens (including phenoxy) is 1. The van der Waals surface area contributed by atoms with Gasteiger partial charge in [-0.25, -0.2) is 0 Å². The van der Waals surface area contributed by atoms with E-state index in [1.54, 1.807) is 36.4 Å². The molecule has 6 rings (SSSR count). The molecule has 4 atom stereocenters. The van der Waals surface area contributed by atoms with E-state index in [2.05, 4.69) is 31.9 Å². The number of anilines is 1. The van der Waals surface area contributed by atoms with Gasteiger partial charge in [0.1, 0.15) is 0 Å². The van der Waals surface area contributed by atoms with E-state index in [0.29, 0.717) is 33.3 Å². The largest absolute Gasteiger partial charge is 0.503 e. The molecule has 0 bridgehead atoms. The summed E-state index contributed by atoms with van der Waals surface area (Å²) in [5.41, 5.74) is 2.69. The Morgan fingerprint density at radius 1 is 1.00 bits per heavy atom. The number of allylic oxidation sites excluding steroid dienone is 6. The maximum absolute atomic E-state index is 13.8. The van der Waals surface area contributed by atoms with Crippen LogP contribution in [0.2, 0.25) is 0 Å². The summed E-state index contributed by atoms with van der Waals surface area (Å²) in [6, 6.07) is 12.2. The Balaban J connectivity index is 1.52. The second-order valence-electron chi connectivity index (χ2n) is 9.79. The molecule has 2 aromatic carbocycles. The average molecular weight is 639 g/mol. The Morgan fingerprint density at radius 3 is 2.45 bits per heavy atom. The van der Waals surface area contributed by atoms with Crippen LogP contribution in [0, 0.1) is 17.8 Å². The molecule has 192 valence electrons. The molecule has 0 radical (unpaired) electrons. The number of carbonyl (C=O) groups excluding carboxylic acids is 4. The zero-order valence-electron chi connectivity index (χ0n) is 20.1. The molecule has 0 unspecified atom stereocenters. The van der Waals surface area contributed by atoms with Crippen molar-refractivity contribution in [1.82, 2.24) is 0 Å². The quantitative estimate of drug-likeness (QED) is 0.284. The molecule has 1 saturated heterocycles. The van der Waals surface area contributed by atoms with Gasteiger partial charge in [-0.1, -0.05) is 29.8 Å². The fourth-order valence-electron chi connectivity index (χ4n) is 6.33. The minimum absolute atomic E-state index is 0.0840. The van der Waals surface area contributed by atoms with Crippen LogP contribution in [0.25, 0.3) is 0 Å². The van der Waals surface area contributed by atoms with Gasteiger partial charge in [0.25, 0.3) is 0 Å². The van der Waals surface area contributed by atoms with E-state index in [0.717, 1.165) is 5.57 Å². The predicted octanol–water partition coefficient (Wildman–Crippen LogP) is 5.13. The number of para-hydroxylation sites is 1. The lowest BCUT2D eigenvalue weighted by Gasteiger charge is -2.42. The summed E-state index contributed by atoms with van der Waals surface area (Å²) < 4.78 is 5.91. The molecule has 0 aromatic heterocycles. The second-order valence-corrected chi connectivity index (χ2v) is 11.5. The summed E-state index contributed by atoms with van der Waals surface area (Å²) >= 11 is 6.61. The Labute approximate surface area is 235 Å². The van der Waals surface area contributed by atoms with E-state index in [1.807, 2.05) is 12.1 Å². The average Bonchev–Trinajstić information content (AvgIpc) is 3.17. The third-order valence-corrected chi connectivity index (χ3v) is 9.14. The fraction of sp³-hybridized carbons (Fsp3) is 0.241. The van der Waals surface area contributed by atoms with E-state index >= 15 is 0 Å². The van der Waals surface area contributed by atoms with Crippen LogP contribution >= 0.6 is 31.9 Å². The number of aromatic hydroxyl groups is 1. The minimum Gasteiger partial charge on any atom is -0.503 e. The van der Waals surface area contributed by atoms with Gasteiger partial charge in [0, 0.05) is 23.1 Å².